The molecule has 3 rings (SSSR count). The van der Waals surface area contributed by atoms with Gasteiger partial charge in [-0.1, -0.05) is 6.07 Å². The molecule has 8 nitrogen and oxygen atoms in total. The Morgan fingerprint density at radius 1 is 0.864 bits per heavy atom. The van der Waals surface area contributed by atoms with Crippen LogP contribution in [0.1, 0.15) is 11.1 Å². The fraction of sp³-hybridized carbons (Fsp3) is 0.286. The van der Waals surface area contributed by atoms with Crippen molar-refractivity contribution in [2.24, 2.45) is 11.8 Å². The van der Waals surface area contributed by atoms with E-state index < -0.39 is 35.6 Å². The third kappa shape index (κ3) is 2.18. The first-order valence-electron chi connectivity index (χ1n) is 6.60. The van der Waals surface area contributed by atoms with Crippen molar-refractivity contribution in [2.45, 2.75) is 12.8 Å². The highest BCUT2D eigenvalue weighted by Crippen LogP contribution is 2.35. The Morgan fingerprint density at radius 2 is 1.27 bits per heavy atom. The molecule has 114 valence electrons. The highest BCUT2D eigenvalue weighted by Gasteiger charge is 2.36. The van der Waals surface area contributed by atoms with Gasteiger partial charge in [0.2, 0.25) is 11.8 Å². The molecular weight excluding hydrogens is 292 g/mol. The second-order valence-electron chi connectivity index (χ2n) is 5.33. The summed E-state index contributed by atoms with van der Waals surface area (Å²) in [6.07, 6.45) is 0.0743. The van der Waals surface area contributed by atoms with Crippen molar-refractivity contribution < 1.29 is 29.4 Å². The number of carboxylic acid groups (broad SMARTS) is 2. The van der Waals surface area contributed by atoms with Gasteiger partial charge in [0.05, 0.1) is 0 Å². The third-order valence-electron chi connectivity index (χ3n) is 3.92. The zero-order chi connectivity index (χ0) is 16.0. The number of carbonyl (C=O) groups is 4. The molecule has 2 atom stereocenters. The van der Waals surface area contributed by atoms with Gasteiger partial charge in [-0.15, -0.1) is 0 Å². The van der Waals surface area contributed by atoms with Crippen LogP contribution in [-0.2, 0) is 32.0 Å². The number of benzene rings is 1. The summed E-state index contributed by atoms with van der Waals surface area (Å²) < 4.78 is 0. The molecule has 8 heteroatoms. The normalized spacial score (nSPS) is 22.9. The quantitative estimate of drug-likeness (QED) is 0.572. The van der Waals surface area contributed by atoms with Gasteiger partial charge in [-0.25, -0.2) is 0 Å². The molecule has 0 saturated heterocycles. The van der Waals surface area contributed by atoms with E-state index in [9.17, 15) is 19.2 Å². The SMILES string of the molecule is O=C(O)[C@@H]1Cc2cc3c(cc2NC1=O)NC(=O)[C@H](C(=O)O)C3. The molecular formula is C14H12N2O6. The maximum atomic E-state index is 11.7. The van der Waals surface area contributed by atoms with E-state index in [1.54, 1.807) is 6.07 Å². The standard InChI is InChI=1S/C14H12N2O6/c17-11-7(13(19)20)2-5-1-6-3-8(14(21)22)12(18)16-10(6)4-9(5)15-11/h1,4,7-8H,2-3H2,(H,15,17)(H,16,18)(H,19,20)(H,21,22)/t7-,8-/m1/s1. The largest absolute Gasteiger partial charge is 0.481 e. The Labute approximate surface area is 124 Å². The van der Waals surface area contributed by atoms with Crippen molar-refractivity contribution in [2.75, 3.05) is 10.6 Å². The monoisotopic (exact) mass is 304 g/mol. The number of nitrogens with one attached hydrogen (secondary N) is 2. The van der Waals surface area contributed by atoms with Crippen LogP contribution < -0.4 is 10.6 Å². The number of hydrogen-bond donors (Lipinski definition) is 4. The van der Waals surface area contributed by atoms with E-state index in [1.165, 1.54) is 6.07 Å². The lowest BCUT2D eigenvalue weighted by molar-refractivity contribution is -0.147. The van der Waals surface area contributed by atoms with Crippen molar-refractivity contribution in [3.05, 3.63) is 23.3 Å². The molecule has 0 aromatic heterocycles. The van der Waals surface area contributed by atoms with Gasteiger partial charge in [-0.3, -0.25) is 19.2 Å². The molecule has 2 aliphatic rings. The number of rotatable bonds is 2. The van der Waals surface area contributed by atoms with Crippen LogP contribution in [0.2, 0.25) is 0 Å². The molecule has 1 aromatic carbocycles. The Hall–Kier alpha value is -2.90. The number of carbonyl (C=O) groups excluding carboxylic acids is 2. The first-order chi connectivity index (χ1) is 10.4. The maximum absolute atomic E-state index is 11.7. The summed E-state index contributed by atoms with van der Waals surface area (Å²) in [6.45, 7) is 0. The third-order valence-corrected chi connectivity index (χ3v) is 3.92. The summed E-state index contributed by atoms with van der Waals surface area (Å²) in [5.41, 5.74) is 2.11. The van der Waals surface area contributed by atoms with Gasteiger partial charge < -0.3 is 20.8 Å². The van der Waals surface area contributed by atoms with Crippen LogP contribution in [0.15, 0.2) is 12.1 Å². The highest BCUT2D eigenvalue weighted by molar-refractivity contribution is 6.09. The molecule has 4 N–H and O–H groups in total. The molecule has 0 bridgehead atoms. The Bertz CT molecular complexity index is 669. The lowest BCUT2D eigenvalue weighted by Gasteiger charge is -2.27. The summed E-state index contributed by atoms with van der Waals surface area (Å²) in [7, 11) is 0. The van der Waals surface area contributed by atoms with Crippen molar-refractivity contribution >= 4 is 35.1 Å². The number of aliphatic carboxylic acids is 2. The summed E-state index contributed by atoms with van der Waals surface area (Å²) in [6, 6.07) is 3.19. The van der Waals surface area contributed by atoms with Crippen molar-refractivity contribution in [1.29, 1.82) is 0 Å². The fourth-order valence-electron chi connectivity index (χ4n) is 2.73. The lowest BCUT2D eigenvalue weighted by Crippen LogP contribution is -2.37. The minimum atomic E-state index is -1.21. The highest BCUT2D eigenvalue weighted by atomic mass is 16.4. The van der Waals surface area contributed by atoms with Crippen molar-refractivity contribution in [3.63, 3.8) is 0 Å². The number of amides is 2. The molecule has 2 heterocycles. The second-order valence-corrected chi connectivity index (χ2v) is 5.33. The van der Waals surface area contributed by atoms with Gasteiger partial charge in [0.25, 0.3) is 0 Å². The Morgan fingerprint density at radius 3 is 1.64 bits per heavy atom. The van der Waals surface area contributed by atoms with Crippen LogP contribution in [0.4, 0.5) is 11.4 Å². The Balaban J connectivity index is 1.99. The molecule has 0 aliphatic carbocycles. The molecule has 2 aliphatic heterocycles. The number of carboxylic acids is 2. The van der Waals surface area contributed by atoms with E-state index in [0.717, 1.165) is 0 Å². The van der Waals surface area contributed by atoms with Crippen molar-refractivity contribution in [3.8, 4) is 0 Å². The fourth-order valence-corrected chi connectivity index (χ4v) is 2.73. The van der Waals surface area contributed by atoms with Gasteiger partial charge in [0, 0.05) is 11.4 Å². The van der Waals surface area contributed by atoms with Crippen LogP contribution in [0.25, 0.3) is 0 Å². The van der Waals surface area contributed by atoms with Gasteiger partial charge in [-0.2, -0.15) is 0 Å². The van der Waals surface area contributed by atoms with E-state index in [4.69, 9.17) is 10.2 Å². The van der Waals surface area contributed by atoms with Gasteiger partial charge >= 0.3 is 11.9 Å². The molecule has 0 radical (unpaired) electrons. The zero-order valence-electron chi connectivity index (χ0n) is 11.3. The predicted molar refractivity (Wildman–Crippen MR) is 73.4 cm³/mol. The van der Waals surface area contributed by atoms with Gasteiger partial charge in [0.1, 0.15) is 11.8 Å². The van der Waals surface area contributed by atoms with E-state index in [0.29, 0.717) is 22.5 Å². The lowest BCUT2D eigenvalue weighted by atomic mass is 9.87. The van der Waals surface area contributed by atoms with Crippen LogP contribution in [-0.4, -0.2) is 34.0 Å². The first kappa shape index (κ1) is 14.1. The molecule has 0 fully saturated rings. The van der Waals surface area contributed by atoms with E-state index in [2.05, 4.69) is 10.6 Å². The van der Waals surface area contributed by atoms with Crippen LogP contribution in [0.5, 0.6) is 0 Å². The number of hydrogen-bond acceptors (Lipinski definition) is 4. The number of anilines is 2. The Kier molecular flexibility index (Phi) is 3.09. The van der Waals surface area contributed by atoms with Gasteiger partial charge in [0.15, 0.2) is 0 Å². The van der Waals surface area contributed by atoms with E-state index >= 15 is 0 Å². The maximum Gasteiger partial charge on any atom is 0.316 e. The summed E-state index contributed by atoms with van der Waals surface area (Å²) in [5.74, 6) is -5.97. The van der Waals surface area contributed by atoms with Crippen LogP contribution in [0, 0.1) is 11.8 Å². The average molecular weight is 304 g/mol. The van der Waals surface area contributed by atoms with Gasteiger partial charge in [-0.05, 0) is 30.0 Å². The molecule has 0 spiro atoms. The zero-order valence-corrected chi connectivity index (χ0v) is 11.3. The van der Waals surface area contributed by atoms with E-state index in [1.807, 2.05) is 0 Å². The molecule has 0 unspecified atom stereocenters. The topological polar surface area (TPSA) is 133 Å². The van der Waals surface area contributed by atoms with Crippen LogP contribution >= 0.6 is 0 Å². The molecule has 1 aromatic rings. The minimum absolute atomic E-state index is 0.0372. The van der Waals surface area contributed by atoms with Crippen LogP contribution in [0.3, 0.4) is 0 Å². The molecule has 2 amide bonds. The summed E-state index contributed by atoms with van der Waals surface area (Å²) in [5, 5.41) is 23.1. The summed E-state index contributed by atoms with van der Waals surface area (Å²) in [4.78, 5) is 45.5. The molecule has 22 heavy (non-hydrogen) atoms. The minimum Gasteiger partial charge on any atom is -0.481 e. The number of fused-ring (bicyclic) bond motifs is 2. The first-order valence-corrected chi connectivity index (χ1v) is 6.60. The second kappa shape index (κ2) is 4.83. The summed E-state index contributed by atoms with van der Waals surface area (Å²) >= 11 is 0. The average Bonchev–Trinajstić information content (AvgIpc) is 2.43. The van der Waals surface area contributed by atoms with E-state index in [-0.39, 0.29) is 12.8 Å². The molecule has 0 saturated carbocycles. The van der Waals surface area contributed by atoms with Crippen molar-refractivity contribution in [1.82, 2.24) is 0 Å². The predicted octanol–water partition coefficient (Wildman–Crippen LogP) is 0.0774. The smallest absolute Gasteiger partial charge is 0.316 e.